The van der Waals surface area contributed by atoms with Crippen LogP contribution < -0.4 is 11.2 Å². The first kappa shape index (κ1) is 14.2. The highest BCUT2D eigenvalue weighted by molar-refractivity contribution is 5.18. The smallest absolute Gasteiger partial charge is 0.330 e. The van der Waals surface area contributed by atoms with E-state index in [1.807, 2.05) is 30.3 Å². The summed E-state index contributed by atoms with van der Waals surface area (Å²) in [7, 11) is 0. The molecule has 0 spiro atoms. The largest absolute Gasteiger partial charge is 0.396 e. The number of aromatic amines is 1. The van der Waals surface area contributed by atoms with Crippen LogP contribution in [0.15, 0.2) is 52.2 Å². The van der Waals surface area contributed by atoms with Crippen molar-refractivity contribution < 1.29 is 9.84 Å². The molecule has 1 atom stereocenters. The second-order valence-corrected chi connectivity index (χ2v) is 4.23. The number of benzene rings is 1. The summed E-state index contributed by atoms with van der Waals surface area (Å²) in [5.41, 5.74) is -0.191. The lowest BCUT2D eigenvalue weighted by Gasteiger charge is -2.20. The maximum Gasteiger partial charge on any atom is 0.330 e. The van der Waals surface area contributed by atoms with Gasteiger partial charge in [0.05, 0.1) is 6.61 Å². The van der Waals surface area contributed by atoms with E-state index in [0.29, 0.717) is 13.0 Å². The number of ether oxygens (including phenoxy) is 1. The fourth-order valence-corrected chi connectivity index (χ4v) is 1.83. The van der Waals surface area contributed by atoms with Crippen molar-refractivity contribution in [3.63, 3.8) is 0 Å². The average Bonchev–Trinajstić information content (AvgIpc) is 2.46. The predicted octanol–water partition coefficient (Wildman–Crippen LogP) is 0.483. The normalized spacial score (nSPS) is 12.2. The minimum atomic E-state index is -0.632. The molecule has 0 amide bonds. The number of nitrogens with one attached hydrogen (secondary N) is 1. The molecule has 6 heteroatoms. The molecular formula is C14H16N2O4. The minimum absolute atomic E-state index is 0.0159. The van der Waals surface area contributed by atoms with E-state index >= 15 is 0 Å². The molecule has 0 radical (unpaired) electrons. The first-order chi connectivity index (χ1) is 9.72. The quantitative estimate of drug-likeness (QED) is 0.752. The zero-order valence-electron chi connectivity index (χ0n) is 10.9. The van der Waals surface area contributed by atoms with Crippen molar-refractivity contribution in [2.24, 2.45) is 0 Å². The third kappa shape index (κ3) is 3.43. The molecule has 2 aromatic rings. The van der Waals surface area contributed by atoms with Crippen LogP contribution in [0.4, 0.5) is 0 Å². The Labute approximate surface area is 115 Å². The maximum atomic E-state index is 11.9. The molecule has 106 valence electrons. The fourth-order valence-electron chi connectivity index (χ4n) is 1.83. The van der Waals surface area contributed by atoms with Gasteiger partial charge in [0, 0.05) is 24.4 Å². The van der Waals surface area contributed by atoms with Crippen LogP contribution in [0.3, 0.4) is 0 Å². The van der Waals surface area contributed by atoms with Gasteiger partial charge in [0.25, 0.3) is 5.56 Å². The van der Waals surface area contributed by atoms with Crippen LogP contribution in [0.5, 0.6) is 0 Å². The molecule has 0 fully saturated rings. The summed E-state index contributed by atoms with van der Waals surface area (Å²) in [5, 5.41) is 8.82. The molecule has 1 unspecified atom stereocenters. The SMILES string of the molecule is O=c1ccn(C(OCCCO)c2ccccc2)c(=O)[nH]1. The number of rotatable bonds is 6. The second-order valence-electron chi connectivity index (χ2n) is 4.23. The molecule has 0 aliphatic carbocycles. The standard InChI is InChI=1S/C14H16N2O4/c17-9-4-10-20-13(11-5-2-1-3-6-11)16-8-7-12(18)15-14(16)19/h1-3,5-8,13,17H,4,9-10H2,(H,15,18,19). The van der Waals surface area contributed by atoms with Gasteiger partial charge >= 0.3 is 5.69 Å². The van der Waals surface area contributed by atoms with Crippen molar-refractivity contribution in [2.75, 3.05) is 13.2 Å². The molecule has 0 saturated carbocycles. The zero-order valence-corrected chi connectivity index (χ0v) is 10.9. The van der Waals surface area contributed by atoms with Gasteiger partial charge in [0.1, 0.15) is 0 Å². The van der Waals surface area contributed by atoms with E-state index in [0.717, 1.165) is 5.56 Å². The molecule has 0 saturated heterocycles. The van der Waals surface area contributed by atoms with Crippen LogP contribution in [0.1, 0.15) is 18.2 Å². The zero-order chi connectivity index (χ0) is 14.4. The van der Waals surface area contributed by atoms with Gasteiger partial charge in [-0.05, 0) is 6.42 Å². The predicted molar refractivity (Wildman–Crippen MR) is 73.6 cm³/mol. The first-order valence-corrected chi connectivity index (χ1v) is 6.31. The molecule has 1 heterocycles. The van der Waals surface area contributed by atoms with Gasteiger partial charge in [-0.1, -0.05) is 30.3 Å². The molecule has 2 N–H and O–H groups in total. The van der Waals surface area contributed by atoms with Crippen molar-refractivity contribution in [1.82, 2.24) is 9.55 Å². The molecule has 0 aliphatic heterocycles. The van der Waals surface area contributed by atoms with Gasteiger partial charge in [-0.25, -0.2) is 4.79 Å². The minimum Gasteiger partial charge on any atom is -0.396 e. The molecular weight excluding hydrogens is 260 g/mol. The van der Waals surface area contributed by atoms with Gasteiger partial charge in [-0.2, -0.15) is 0 Å². The molecule has 20 heavy (non-hydrogen) atoms. The lowest BCUT2D eigenvalue weighted by atomic mass is 10.2. The summed E-state index contributed by atoms with van der Waals surface area (Å²) in [5.74, 6) is 0. The molecule has 0 bridgehead atoms. The van der Waals surface area contributed by atoms with E-state index in [4.69, 9.17) is 9.84 Å². The lowest BCUT2D eigenvalue weighted by molar-refractivity contribution is 0.0211. The molecule has 1 aromatic carbocycles. The van der Waals surface area contributed by atoms with E-state index in [9.17, 15) is 9.59 Å². The number of aromatic nitrogens is 2. The molecule has 2 rings (SSSR count). The van der Waals surface area contributed by atoms with Crippen LogP contribution in [-0.4, -0.2) is 27.9 Å². The Bertz CT molecular complexity index is 648. The monoisotopic (exact) mass is 276 g/mol. The van der Waals surface area contributed by atoms with Crippen LogP contribution >= 0.6 is 0 Å². The molecule has 6 nitrogen and oxygen atoms in total. The maximum absolute atomic E-state index is 11.9. The Morgan fingerprint density at radius 1 is 1.20 bits per heavy atom. The lowest BCUT2D eigenvalue weighted by Crippen LogP contribution is -2.33. The Kier molecular flexibility index (Phi) is 4.86. The van der Waals surface area contributed by atoms with Crippen molar-refractivity contribution in [3.05, 3.63) is 69.0 Å². The number of nitrogens with zero attached hydrogens (tertiary/aromatic N) is 1. The number of aliphatic hydroxyl groups excluding tert-OH is 1. The average molecular weight is 276 g/mol. The number of hydrogen-bond donors (Lipinski definition) is 2. The highest BCUT2D eigenvalue weighted by atomic mass is 16.5. The van der Waals surface area contributed by atoms with Gasteiger partial charge in [0.15, 0.2) is 6.23 Å². The van der Waals surface area contributed by atoms with Crippen LogP contribution in [0, 0.1) is 0 Å². The number of aliphatic hydroxyl groups is 1. The summed E-state index contributed by atoms with van der Waals surface area (Å²) in [4.78, 5) is 25.2. The molecule has 1 aromatic heterocycles. The fraction of sp³-hybridized carbons (Fsp3) is 0.286. The van der Waals surface area contributed by atoms with E-state index in [2.05, 4.69) is 4.98 Å². The first-order valence-electron chi connectivity index (χ1n) is 6.31. The Morgan fingerprint density at radius 3 is 2.60 bits per heavy atom. The van der Waals surface area contributed by atoms with Crippen LogP contribution in [0.2, 0.25) is 0 Å². The highest BCUT2D eigenvalue weighted by Crippen LogP contribution is 2.17. The third-order valence-electron chi connectivity index (χ3n) is 2.77. The summed E-state index contributed by atoms with van der Waals surface area (Å²) in [6, 6.07) is 10.5. The Balaban J connectivity index is 2.35. The van der Waals surface area contributed by atoms with Crippen molar-refractivity contribution in [2.45, 2.75) is 12.6 Å². The van der Waals surface area contributed by atoms with Gasteiger partial charge < -0.3 is 9.84 Å². The van der Waals surface area contributed by atoms with Crippen LogP contribution in [-0.2, 0) is 4.74 Å². The number of hydrogen-bond acceptors (Lipinski definition) is 4. The number of H-pyrrole nitrogens is 1. The van der Waals surface area contributed by atoms with E-state index in [1.165, 1.54) is 16.8 Å². The Morgan fingerprint density at radius 2 is 1.95 bits per heavy atom. The van der Waals surface area contributed by atoms with E-state index < -0.39 is 17.5 Å². The van der Waals surface area contributed by atoms with Gasteiger partial charge in [-0.3, -0.25) is 14.3 Å². The van der Waals surface area contributed by atoms with Crippen LogP contribution in [0.25, 0.3) is 0 Å². The summed E-state index contributed by atoms with van der Waals surface area (Å²) in [6.45, 7) is 0.323. The summed E-state index contributed by atoms with van der Waals surface area (Å²) < 4.78 is 6.97. The second kappa shape index (κ2) is 6.83. The van der Waals surface area contributed by atoms with Gasteiger partial charge in [0.2, 0.25) is 0 Å². The summed E-state index contributed by atoms with van der Waals surface area (Å²) in [6.07, 6.45) is 1.24. The van der Waals surface area contributed by atoms with Crippen molar-refractivity contribution in [3.8, 4) is 0 Å². The van der Waals surface area contributed by atoms with Crippen molar-refractivity contribution >= 4 is 0 Å². The topological polar surface area (TPSA) is 84.3 Å². The molecule has 0 aliphatic rings. The summed E-state index contributed by atoms with van der Waals surface area (Å²) >= 11 is 0. The Hall–Kier alpha value is -2.18. The third-order valence-corrected chi connectivity index (χ3v) is 2.77. The van der Waals surface area contributed by atoms with Gasteiger partial charge in [-0.15, -0.1) is 0 Å². The van der Waals surface area contributed by atoms with E-state index in [-0.39, 0.29) is 6.61 Å². The van der Waals surface area contributed by atoms with E-state index in [1.54, 1.807) is 0 Å². The highest BCUT2D eigenvalue weighted by Gasteiger charge is 2.15. The van der Waals surface area contributed by atoms with Crippen molar-refractivity contribution in [1.29, 1.82) is 0 Å².